The van der Waals surface area contributed by atoms with E-state index in [1.165, 1.54) is 5.56 Å². The molecule has 1 aromatic carbocycles. The molecular formula is C13H19N2O2+. The first-order valence-corrected chi connectivity index (χ1v) is 5.96. The van der Waals surface area contributed by atoms with Crippen LogP contribution in [-0.2, 0) is 6.54 Å². The van der Waals surface area contributed by atoms with E-state index >= 15 is 0 Å². The van der Waals surface area contributed by atoms with Crippen LogP contribution in [-0.4, -0.2) is 48.8 Å². The number of likely N-dealkylation sites (N-methyl/N-ethyl adjacent to an activating group) is 1. The van der Waals surface area contributed by atoms with Gasteiger partial charge in [0.15, 0.2) is 0 Å². The van der Waals surface area contributed by atoms with E-state index in [1.54, 1.807) is 12.1 Å². The molecule has 1 aliphatic rings. The third-order valence-corrected chi connectivity index (χ3v) is 3.42. The molecule has 92 valence electrons. The number of nitrogens with zero attached hydrogens (tertiary/aromatic N) is 1. The van der Waals surface area contributed by atoms with E-state index in [0.29, 0.717) is 5.56 Å². The number of hydrogen-bond donors (Lipinski definition) is 2. The van der Waals surface area contributed by atoms with Gasteiger partial charge < -0.3 is 14.9 Å². The van der Waals surface area contributed by atoms with Crippen molar-refractivity contribution in [1.29, 1.82) is 0 Å². The summed E-state index contributed by atoms with van der Waals surface area (Å²) in [6.45, 7) is 5.34. The number of carbonyl (C=O) groups is 1. The number of aromatic carboxylic acids is 1. The van der Waals surface area contributed by atoms with Crippen LogP contribution in [0, 0.1) is 0 Å². The smallest absolute Gasteiger partial charge is 0.335 e. The Labute approximate surface area is 101 Å². The molecule has 17 heavy (non-hydrogen) atoms. The lowest BCUT2D eigenvalue weighted by molar-refractivity contribution is -0.924. The molecule has 1 aliphatic heterocycles. The van der Waals surface area contributed by atoms with Crippen molar-refractivity contribution in [1.82, 2.24) is 5.32 Å². The second-order valence-corrected chi connectivity index (χ2v) is 4.98. The molecule has 4 heteroatoms. The molecule has 0 saturated carbocycles. The predicted octanol–water partition coefficient (Wildman–Crippen LogP) is 0.935. The van der Waals surface area contributed by atoms with Gasteiger partial charge in [0.1, 0.15) is 6.54 Å². The van der Waals surface area contributed by atoms with Crippen LogP contribution in [0.15, 0.2) is 24.3 Å². The molecule has 0 unspecified atom stereocenters. The summed E-state index contributed by atoms with van der Waals surface area (Å²) in [4.78, 5) is 10.8. The Morgan fingerprint density at radius 2 is 1.88 bits per heavy atom. The Morgan fingerprint density at radius 1 is 1.29 bits per heavy atom. The number of rotatable bonds is 3. The van der Waals surface area contributed by atoms with Gasteiger partial charge in [-0.2, -0.15) is 0 Å². The number of piperazine rings is 1. The van der Waals surface area contributed by atoms with Crippen molar-refractivity contribution in [3.8, 4) is 0 Å². The van der Waals surface area contributed by atoms with Gasteiger partial charge in [-0.05, 0) is 12.1 Å². The fourth-order valence-corrected chi connectivity index (χ4v) is 2.29. The standard InChI is InChI=1S/C13H18N2O2/c1-15(8-6-14-7-9-15)10-11-2-4-12(5-3-11)13(16)17/h2-5,14H,6-10H2,1H3/p+1. The number of nitrogens with one attached hydrogen (secondary N) is 1. The van der Waals surface area contributed by atoms with Gasteiger partial charge in [-0.1, -0.05) is 12.1 Å². The molecule has 0 radical (unpaired) electrons. The highest BCUT2D eigenvalue weighted by atomic mass is 16.4. The number of carboxylic acids is 1. The second-order valence-electron chi connectivity index (χ2n) is 4.98. The lowest BCUT2D eigenvalue weighted by Crippen LogP contribution is -2.55. The minimum absolute atomic E-state index is 0.358. The van der Waals surface area contributed by atoms with E-state index in [0.717, 1.165) is 37.2 Å². The summed E-state index contributed by atoms with van der Waals surface area (Å²) in [5.74, 6) is -0.862. The summed E-state index contributed by atoms with van der Waals surface area (Å²) in [7, 11) is 2.26. The molecule has 1 saturated heterocycles. The zero-order valence-electron chi connectivity index (χ0n) is 10.1. The Kier molecular flexibility index (Phi) is 3.45. The molecule has 1 heterocycles. The van der Waals surface area contributed by atoms with E-state index in [1.807, 2.05) is 12.1 Å². The zero-order chi connectivity index (χ0) is 12.3. The van der Waals surface area contributed by atoms with Crippen molar-refractivity contribution >= 4 is 5.97 Å². The van der Waals surface area contributed by atoms with Gasteiger partial charge in [-0.15, -0.1) is 0 Å². The minimum atomic E-state index is -0.862. The third-order valence-electron chi connectivity index (χ3n) is 3.42. The maximum atomic E-state index is 10.8. The quantitative estimate of drug-likeness (QED) is 0.766. The molecule has 0 amide bonds. The van der Waals surface area contributed by atoms with Gasteiger partial charge >= 0.3 is 5.97 Å². The van der Waals surface area contributed by atoms with E-state index in [9.17, 15) is 4.79 Å². The average Bonchev–Trinajstić information content (AvgIpc) is 2.30. The van der Waals surface area contributed by atoms with Crippen LogP contribution < -0.4 is 5.32 Å². The molecule has 0 aliphatic carbocycles. The first-order valence-electron chi connectivity index (χ1n) is 5.96. The second kappa shape index (κ2) is 4.85. The summed E-state index contributed by atoms with van der Waals surface area (Å²) < 4.78 is 1.03. The van der Waals surface area contributed by atoms with Crippen molar-refractivity contribution in [3.63, 3.8) is 0 Å². The van der Waals surface area contributed by atoms with E-state index in [-0.39, 0.29) is 0 Å². The van der Waals surface area contributed by atoms with Crippen LogP contribution in [0.1, 0.15) is 15.9 Å². The van der Waals surface area contributed by atoms with Crippen molar-refractivity contribution in [3.05, 3.63) is 35.4 Å². The van der Waals surface area contributed by atoms with Crippen LogP contribution >= 0.6 is 0 Å². The summed E-state index contributed by atoms with van der Waals surface area (Å²) in [6, 6.07) is 7.22. The molecule has 1 aromatic rings. The molecular weight excluding hydrogens is 216 g/mol. The lowest BCUT2D eigenvalue weighted by atomic mass is 10.1. The Hall–Kier alpha value is -1.39. The highest BCUT2D eigenvalue weighted by Gasteiger charge is 2.24. The Balaban J connectivity index is 2.05. The molecule has 1 fully saturated rings. The fraction of sp³-hybridized carbons (Fsp3) is 0.462. The summed E-state index contributed by atoms with van der Waals surface area (Å²) in [5.41, 5.74) is 1.57. The van der Waals surface area contributed by atoms with Gasteiger partial charge in [0.25, 0.3) is 0 Å². The molecule has 4 nitrogen and oxygen atoms in total. The third kappa shape index (κ3) is 3.05. The fourth-order valence-electron chi connectivity index (χ4n) is 2.29. The van der Waals surface area contributed by atoms with Gasteiger partial charge in [-0.25, -0.2) is 4.79 Å². The first kappa shape index (κ1) is 12.1. The van der Waals surface area contributed by atoms with Gasteiger partial charge in [0.2, 0.25) is 0 Å². The highest BCUT2D eigenvalue weighted by molar-refractivity contribution is 5.87. The van der Waals surface area contributed by atoms with Crippen molar-refractivity contribution in [2.24, 2.45) is 0 Å². The van der Waals surface area contributed by atoms with Gasteiger partial charge in [0.05, 0.1) is 25.7 Å². The number of quaternary nitrogens is 1. The summed E-state index contributed by atoms with van der Waals surface area (Å²) in [6.07, 6.45) is 0. The monoisotopic (exact) mass is 235 g/mol. The van der Waals surface area contributed by atoms with Gasteiger partial charge in [-0.3, -0.25) is 0 Å². The normalized spacial score (nSPS) is 18.9. The van der Waals surface area contributed by atoms with Crippen LogP contribution in [0.5, 0.6) is 0 Å². The maximum absolute atomic E-state index is 10.8. The molecule has 2 rings (SSSR count). The number of benzene rings is 1. The summed E-state index contributed by atoms with van der Waals surface area (Å²) >= 11 is 0. The lowest BCUT2D eigenvalue weighted by Gasteiger charge is -2.38. The van der Waals surface area contributed by atoms with E-state index in [4.69, 9.17) is 5.11 Å². The molecule has 0 aromatic heterocycles. The van der Waals surface area contributed by atoms with Crippen LogP contribution in [0.25, 0.3) is 0 Å². The molecule has 2 N–H and O–H groups in total. The number of hydrogen-bond acceptors (Lipinski definition) is 2. The largest absolute Gasteiger partial charge is 0.478 e. The SMILES string of the molecule is C[N+]1(Cc2ccc(C(=O)O)cc2)CCNCC1. The highest BCUT2D eigenvalue weighted by Crippen LogP contribution is 2.14. The van der Waals surface area contributed by atoms with Crippen LogP contribution in [0.2, 0.25) is 0 Å². The predicted molar refractivity (Wildman–Crippen MR) is 65.9 cm³/mol. The zero-order valence-corrected chi connectivity index (χ0v) is 10.1. The Bertz CT molecular complexity index is 394. The summed E-state index contributed by atoms with van der Waals surface area (Å²) in [5, 5.41) is 12.2. The number of carboxylic acid groups (broad SMARTS) is 1. The Morgan fingerprint density at radius 3 is 2.41 bits per heavy atom. The van der Waals surface area contributed by atoms with Gasteiger partial charge in [0, 0.05) is 18.7 Å². The average molecular weight is 235 g/mol. The molecule has 0 spiro atoms. The minimum Gasteiger partial charge on any atom is -0.478 e. The first-order chi connectivity index (χ1) is 8.09. The van der Waals surface area contributed by atoms with E-state index < -0.39 is 5.97 Å². The van der Waals surface area contributed by atoms with Crippen molar-refractivity contribution < 1.29 is 14.4 Å². The molecule has 0 atom stereocenters. The maximum Gasteiger partial charge on any atom is 0.335 e. The topological polar surface area (TPSA) is 49.3 Å². The molecule has 0 bridgehead atoms. The van der Waals surface area contributed by atoms with Crippen molar-refractivity contribution in [2.45, 2.75) is 6.54 Å². The van der Waals surface area contributed by atoms with E-state index in [2.05, 4.69) is 12.4 Å². The van der Waals surface area contributed by atoms with Crippen LogP contribution in [0.4, 0.5) is 0 Å². The van der Waals surface area contributed by atoms with Crippen molar-refractivity contribution in [2.75, 3.05) is 33.2 Å². The van der Waals surface area contributed by atoms with Crippen LogP contribution in [0.3, 0.4) is 0 Å².